The number of piperazine rings is 2. The number of ether oxygens (including phenoxy) is 1. The third-order valence-corrected chi connectivity index (χ3v) is 3.08. The van der Waals surface area contributed by atoms with Crippen molar-refractivity contribution < 1.29 is 14.3 Å². The number of carbonyl (C=O) groups is 2. The summed E-state index contributed by atoms with van der Waals surface area (Å²) in [6.45, 7) is 8.45. The molecule has 2 aliphatic heterocycles. The number of carbonyl (C=O) groups excluding carboxylic acids is 2. The lowest BCUT2D eigenvalue weighted by Gasteiger charge is -2.43. The molecular weight excluding hydrogens is 234 g/mol. The molecule has 2 fully saturated rings. The van der Waals surface area contributed by atoms with Gasteiger partial charge in [0.1, 0.15) is 12.1 Å². The highest BCUT2D eigenvalue weighted by molar-refractivity contribution is 5.84. The Kier molecular flexibility index (Phi) is 3.47. The Morgan fingerprint density at radius 2 is 2.17 bits per heavy atom. The van der Waals surface area contributed by atoms with Gasteiger partial charge in [-0.2, -0.15) is 0 Å². The van der Waals surface area contributed by atoms with Gasteiger partial charge in [-0.25, -0.2) is 4.79 Å². The third-order valence-electron chi connectivity index (χ3n) is 3.08. The van der Waals surface area contributed by atoms with Crippen LogP contribution in [0.1, 0.15) is 20.8 Å². The van der Waals surface area contributed by atoms with Crippen LogP contribution in [0.2, 0.25) is 0 Å². The predicted molar refractivity (Wildman–Crippen MR) is 66.2 cm³/mol. The van der Waals surface area contributed by atoms with Gasteiger partial charge in [0, 0.05) is 26.2 Å². The van der Waals surface area contributed by atoms with Gasteiger partial charge in [0.15, 0.2) is 0 Å². The SMILES string of the molecule is CC(C)(C)OC(=O)N1CC(=O)N2CCNC[C@H]2C1. The number of hydrogen-bond acceptors (Lipinski definition) is 4. The van der Waals surface area contributed by atoms with Crippen LogP contribution in [0, 0.1) is 0 Å². The second kappa shape index (κ2) is 4.76. The Bertz CT molecular complexity index is 351. The Balaban J connectivity index is 1.99. The second-order valence-electron chi connectivity index (χ2n) is 5.81. The van der Waals surface area contributed by atoms with Gasteiger partial charge in [0.05, 0.1) is 6.04 Å². The number of hydrogen-bond donors (Lipinski definition) is 1. The van der Waals surface area contributed by atoms with Crippen molar-refractivity contribution in [1.29, 1.82) is 0 Å². The molecule has 0 bridgehead atoms. The molecule has 2 heterocycles. The normalized spacial score (nSPS) is 24.8. The van der Waals surface area contributed by atoms with Crippen LogP contribution in [0.4, 0.5) is 4.79 Å². The Morgan fingerprint density at radius 1 is 1.44 bits per heavy atom. The molecule has 0 unspecified atom stereocenters. The maximum atomic E-state index is 12.0. The van der Waals surface area contributed by atoms with Gasteiger partial charge in [-0.15, -0.1) is 0 Å². The zero-order chi connectivity index (χ0) is 13.3. The van der Waals surface area contributed by atoms with E-state index in [1.165, 1.54) is 4.90 Å². The van der Waals surface area contributed by atoms with Gasteiger partial charge < -0.3 is 15.0 Å². The molecule has 6 heteroatoms. The highest BCUT2D eigenvalue weighted by atomic mass is 16.6. The van der Waals surface area contributed by atoms with Crippen LogP contribution in [0.5, 0.6) is 0 Å². The van der Waals surface area contributed by atoms with Crippen LogP contribution in [0.3, 0.4) is 0 Å². The van der Waals surface area contributed by atoms with E-state index in [0.717, 1.165) is 19.6 Å². The van der Waals surface area contributed by atoms with Crippen molar-refractivity contribution in [1.82, 2.24) is 15.1 Å². The molecule has 102 valence electrons. The Morgan fingerprint density at radius 3 is 2.83 bits per heavy atom. The van der Waals surface area contributed by atoms with Crippen molar-refractivity contribution in [3.05, 3.63) is 0 Å². The average molecular weight is 255 g/mol. The molecule has 2 rings (SSSR count). The predicted octanol–water partition coefficient (Wildman–Crippen LogP) is 0.0375. The molecule has 0 aromatic heterocycles. The van der Waals surface area contributed by atoms with Gasteiger partial charge in [-0.05, 0) is 20.8 Å². The van der Waals surface area contributed by atoms with Gasteiger partial charge in [0.25, 0.3) is 0 Å². The summed E-state index contributed by atoms with van der Waals surface area (Å²) in [6, 6.07) is 0.0764. The summed E-state index contributed by atoms with van der Waals surface area (Å²) in [4.78, 5) is 27.3. The fourth-order valence-electron chi connectivity index (χ4n) is 2.29. The van der Waals surface area contributed by atoms with E-state index in [1.54, 1.807) is 0 Å². The first kappa shape index (κ1) is 13.1. The van der Waals surface area contributed by atoms with Crippen LogP contribution < -0.4 is 5.32 Å². The molecule has 0 spiro atoms. The molecule has 0 aromatic carbocycles. The zero-order valence-electron chi connectivity index (χ0n) is 11.2. The van der Waals surface area contributed by atoms with Crippen LogP contribution in [-0.4, -0.2) is 66.2 Å². The molecule has 2 amide bonds. The summed E-state index contributed by atoms with van der Waals surface area (Å²) < 4.78 is 5.30. The molecule has 2 saturated heterocycles. The van der Waals surface area contributed by atoms with E-state index in [-0.39, 0.29) is 18.5 Å². The third kappa shape index (κ3) is 2.93. The average Bonchev–Trinajstić information content (AvgIpc) is 2.26. The van der Waals surface area contributed by atoms with E-state index in [9.17, 15) is 9.59 Å². The standard InChI is InChI=1S/C12H21N3O3/c1-12(2,3)18-11(17)14-7-9-6-13-4-5-15(9)10(16)8-14/h9,13H,4-8H2,1-3H3/t9-/m0/s1. The first-order chi connectivity index (χ1) is 8.37. The van der Waals surface area contributed by atoms with Crippen molar-refractivity contribution in [3.8, 4) is 0 Å². The van der Waals surface area contributed by atoms with Crippen molar-refractivity contribution in [2.45, 2.75) is 32.4 Å². The van der Waals surface area contributed by atoms with Crippen LogP contribution in [0.15, 0.2) is 0 Å². The fraction of sp³-hybridized carbons (Fsp3) is 0.833. The summed E-state index contributed by atoms with van der Waals surface area (Å²) in [5.41, 5.74) is -0.526. The van der Waals surface area contributed by atoms with Crippen molar-refractivity contribution in [3.63, 3.8) is 0 Å². The van der Waals surface area contributed by atoms with Gasteiger partial charge >= 0.3 is 6.09 Å². The van der Waals surface area contributed by atoms with Gasteiger partial charge in [-0.1, -0.05) is 0 Å². The quantitative estimate of drug-likeness (QED) is 0.664. The fourth-order valence-corrected chi connectivity index (χ4v) is 2.29. The first-order valence-corrected chi connectivity index (χ1v) is 6.35. The first-order valence-electron chi connectivity index (χ1n) is 6.35. The lowest BCUT2D eigenvalue weighted by Crippen LogP contribution is -2.64. The highest BCUT2D eigenvalue weighted by Crippen LogP contribution is 2.16. The minimum absolute atomic E-state index is 0.0126. The second-order valence-corrected chi connectivity index (χ2v) is 5.81. The molecule has 0 radical (unpaired) electrons. The summed E-state index contributed by atoms with van der Waals surface area (Å²) in [7, 11) is 0. The largest absolute Gasteiger partial charge is 0.444 e. The molecule has 18 heavy (non-hydrogen) atoms. The molecule has 0 aliphatic carbocycles. The summed E-state index contributed by atoms with van der Waals surface area (Å²) in [5.74, 6) is 0.0126. The van der Waals surface area contributed by atoms with Gasteiger partial charge in [-0.3, -0.25) is 9.69 Å². The smallest absolute Gasteiger partial charge is 0.410 e. The van der Waals surface area contributed by atoms with Crippen LogP contribution >= 0.6 is 0 Å². The topological polar surface area (TPSA) is 61.9 Å². The molecular formula is C12H21N3O3. The summed E-state index contributed by atoms with van der Waals surface area (Å²) >= 11 is 0. The molecule has 6 nitrogen and oxygen atoms in total. The minimum Gasteiger partial charge on any atom is -0.444 e. The molecule has 1 N–H and O–H groups in total. The lowest BCUT2D eigenvalue weighted by molar-refractivity contribution is -0.140. The number of amides is 2. The van der Waals surface area contributed by atoms with E-state index < -0.39 is 11.7 Å². The van der Waals surface area contributed by atoms with E-state index in [4.69, 9.17) is 4.74 Å². The number of nitrogens with zero attached hydrogens (tertiary/aromatic N) is 2. The minimum atomic E-state index is -0.526. The maximum Gasteiger partial charge on any atom is 0.410 e. The summed E-state index contributed by atoms with van der Waals surface area (Å²) in [5, 5.41) is 3.24. The lowest BCUT2D eigenvalue weighted by atomic mass is 10.1. The van der Waals surface area contributed by atoms with Crippen molar-refractivity contribution in [2.75, 3.05) is 32.7 Å². The van der Waals surface area contributed by atoms with Crippen molar-refractivity contribution in [2.24, 2.45) is 0 Å². The van der Waals surface area contributed by atoms with E-state index in [2.05, 4.69) is 5.32 Å². The Hall–Kier alpha value is -1.30. The molecule has 0 aromatic rings. The molecule has 2 aliphatic rings. The zero-order valence-corrected chi connectivity index (χ0v) is 11.2. The Labute approximate surface area is 107 Å². The molecule has 1 atom stereocenters. The van der Waals surface area contributed by atoms with Crippen LogP contribution in [0.25, 0.3) is 0 Å². The van der Waals surface area contributed by atoms with E-state index >= 15 is 0 Å². The maximum absolute atomic E-state index is 12.0. The van der Waals surface area contributed by atoms with Crippen LogP contribution in [-0.2, 0) is 9.53 Å². The van der Waals surface area contributed by atoms with Crippen molar-refractivity contribution >= 4 is 12.0 Å². The van der Waals surface area contributed by atoms with E-state index in [0.29, 0.717) is 6.54 Å². The molecule has 0 saturated carbocycles. The number of fused-ring (bicyclic) bond motifs is 1. The van der Waals surface area contributed by atoms with Gasteiger partial charge in [0.2, 0.25) is 5.91 Å². The number of nitrogens with one attached hydrogen (secondary N) is 1. The summed E-state index contributed by atoms with van der Waals surface area (Å²) in [6.07, 6.45) is -0.402. The number of rotatable bonds is 0. The van der Waals surface area contributed by atoms with E-state index in [1.807, 2.05) is 25.7 Å². The monoisotopic (exact) mass is 255 g/mol. The highest BCUT2D eigenvalue weighted by Gasteiger charge is 2.37.